The van der Waals surface area contributed by atoms with E-state index in [1.54, 1.807) is 10.7 Å². The zero-order valence-electron chi connectivity index (χ0n) is 10.1. The summed E-state index contributed by atoms with van der Waals surface area (Å²) in [5.41, 5.74) is 0.781. The van der Waals surface area contributed by atoms with E-state index < -0.39 is 0 Å². The molecule has 94 valence electrons. The minimum absolute atomic E-state index is 0.192. The Bertz CT molecular complexity index is 580. The molecule has 1 saturated heterocycles. The van der Waals surface area contributed by atoms with Crippen molar-refractivity contribution < 1.29 is 9.53 Å². The van der Waals surface area contributed by atoms with Crippen molar-refractivity contribution in [2.24, 2.45) is 0 Å². The van der Waals surface area contributed by atoms with Gasteiger partial charge in [0.2, 0.25) is 0 Å². The average Bonchev–Trinajstić information content (AvgIpc) is 3.05. The molecule has 6 heteroatoms. The lowest BCUT2D eigenvalue weighted by molar-refractivity contribution is -0.141. The highest BCUT2D eigenvalue weighted by atomic mass is 16.5. The topological polar surface area (TPSA) is 59.7 Å². The zero-order chi connectivity index (χ0) is 12.5. The molecule has 0 saturated carbocycles. The van der Waals surface area contributed by atoms with Gasteiger partial charge in [0.1, 0.15) is 11.9 Å². The number of esters is 1. The molecule has 1 aliphatic heterocycles. The van der Waals surface area contributed by atoms with E-state index in [1.807, 2.05) is 23.2 Å². The number of aromatic nitrogens is 3. The van der Waals surface area contributed by atoms with Crippen molar-refractivity contribution in [2.75, 3.05) is 18.6 Å². The molecule has 1 atom stereocenters. The van der Waals surface area contributed by atoms with Crippen LogP contribution < -0.4 is 4.90 Å². The van der Waals surface area contributed by atoms with Gasteiger partial charge in [-0.3, -0.25) is 0 Å². The summed E-state index contributed by atoms with van der Waals surface area (Å²) in [4.78, 5) is 18.2. The fraction of sp³-hybridized carbons (Fsp3) is 0.417. The maximum atomic E-state index is 11.7. The largest absolute Gasteiger partial charge is 0.467 e. The zero-order valence-corrected chi connectivity index (χ0v) is 10.1. The molecule has 2 aromatic rings. The van der Waals surface area contributed by atoms with Crippen molar-refractivity contribution in [1.29, 1.82) is 0 Å². The van der Waals surface area contributed by atoms with Crippen molar-refractivity contribution in [2.45, 2.75) is 18.9 Å². The summed E-state index contributed by atoms with van der Waals surface area (Å²) in [7, 11) is 1.42. The third kappa shape index (κ3) is 1.70. The predicted octanol–water partition coefficient (Wildman–Crippen LogP) is 0.871. The Labute approximate surface area is 104 Å². The van der Waals surface area contributed by atoms with Crippen molar-refractivity contribution in [3.8, 4) is 0 Å². The second kappa shape index (κ2) is 4.29. The van der Waals surface area contributed by atoms with Gasteiger partial charge < -0.3 is 9.64 Å². The van der Waals surface area contributed by atoms with E-state index in [9.17, 15) is 4.79 Å². The van der Waals surface area contributed by atoms with Crippen LogP contribution in [0, 0.1) is 0 Å². The van der Waals surface area contributed by atoms with Crippen molar-refractivity contribution in [3.05, 3.63) is 24.5 Å². The Morgan fingerprint density at radius 3 is 3.22 bits per heavy atom. The fourth-order valence-corrected chi connectivity index (χ4v) is 2.38. The normalized spacial score (nSPS) is 19.4. The van der Waals surface area contributed by atoms with Gasteiger partial charge in [0.15, 0.2) is 5.65 Å². The second-order valence-corrected chi connectivity index (χ2v) is 4.29. The Morgan fingerprint density at radius 1 is 1.50 bits per heavy atom. The van der Waals surface area contributed by atoms with Crippen molar-refractivity contribution in [3.63, 3.8) is 0 Å². The van der Waals surface area contributed by atoms with E-state index in [4.69, 9.17) is 4.74 Å². The smallest absolute Gasteiger partial charge is 0.328 e. The van der Waals surface area contributed by atoms with Gasteiger partial charge in [-0.15, -0.1) is 0 Å². The number of hydrogen-bond donors (Lipinski definition) is 0. The molecule has 1 aliphatic rings. The van der Waals surface area contributed by atoms with Crippen LogP contribution in [-0.2, 0) is 9.53 Å². The molecule has 0 N–H and O–H groups in total. The first-order chi connectivity index (χ1) is 8.79. The molecule has 1 unspecified atom stereocenters. The Kier molecular flexibility index (Phi) is 2.62. The number of carbonyl (C=O) groups is 1. The molecule has 1 fully saturated rings. The number of anilines is 1. The van der Waals surface area contributed by atoms with Gasteiger partial charge in [0.05, 0.1) is 13.3 Å². The molecule has 18 heavy (non-hydrogen) atoms. The van der Waals surface area contributed by atoms with E-state index in [0.29, 0.717) is 0 Å². The number of carbonyl (C=O) groups excluding carboxylic acids is 1. The summed E-state index contributed by atoms with van der Waals surface area (Å²) in [5, 5.41) is 4.10. The van der Waals surface area contributed by atoms with Crippen LogP contribution in [0.5, 0.6) is 0 Å². The van der Waals surface area contributed by atoms with E-state index in [-0.39, 0.29) is 12.0 Å². The number of hydrogen-bond acceptors (Lipinski definition) is 5. The standard InChI is InChI=1S/C12H14N4O2/c1-18-12(17)9-3-2-7-15(9)10-5-8-16-11(14-10)4-6-13-16/h4-6,8-9H,2-3,7H2,1H3. The first kappa shape index (κ1) is 11.0. The number of ether oxygens (including phenoxy) is 1. The molecule has 0 bridgehead atoms. The van der Waals surface area contributed by atoms with Crippen LogP contribution in [-0.4, -0.2) is 40.3 Å². The van der Waals surface area contributed by atoms with Crippen LogP contribution in [0.1, 0.15) is 12.8 Å². The molecule has 3 heterocycles. The summed E-state index contributed by atoms with van der Waals surface area (Å²) < 4.78 is 6.53. The molecule has 3 rings (SSSR count). The molecule has 0 aliphatic carbocycles. The Hall–Kier alpha value is -2.11. The molecule has 0 radical (unpaired) electrons. The van der Waals surface area contributed by atoms with Crippen LogP contribution in [0.15, 0.2) is 24.5 Å². The van der Waals surface area contributed by atoms with Gasteiger partial charge in [-0.25, -0.2) is 14.3 Å². The molecule has 0 aromatic carbocycles. The van der Waals surface area contributed by atoms with Gasteiger partial charge in [-0.1, -0.05) is 0 Å². The first-order valence-corrected chi connectivity index (χ1v) is 5.94. The number of rotatable bonds is 2. The van der Waals surface area contributed by atoms with E-state index >= 15 is 0 Å². The maximum Gasteiger partial charge on any atom is 0.328 e. The average molecular weight is 246 g/mol. The molecular formula is C12H14N4O2. The van der Waals surface area contributed by atoms with Gasteiger partial charge >= 0.3 is 5.97 Å². The van der Waals surface area contributed by atoms with Gasteiger partial charge in [-0.2, -0.15) is 5.10 Å². The van der Waals surface area contributed by atoms with Crippen molar-refractivity contribution >= 4 is 17.4 Å². The maximum absolute atomic E-state index is 11.7. The third-order valence-corrected chi connectivity index (χ3v) is 3.26. The summed E-state index contributed by atoms with van der Waals surface area (Å²) in [6.45, 7) is 0.830. The summed E-state index contributed by atoms with van der Waals surface area (Å²) in [6.07, 6.45) is 5.35. The molecular weight excluding hydrogens is 232 g/mol. The number of fused-ring (bicyclic) bond motifs is 1. The van der Waals surface area contributed by atoms with Gasteiger partial charge in [0, 0.05) is 18.8 Å². The van der Waals surface area contributed by atoms with Gasteiger partial charge in [-0.05, 0) is 18.9 Å². The molecule has 0 spiro atoms. The highest BCUT2D eigenvalue weighted by molar-refractivity contribution is 5.80. The van der Waals surface area contributed by atoms with Crippen LogP contribution in [0.3, 0.4) is 0 Å². The lowest BCUT2D eigenvalue weighted by Gasteiger charge is -2.23. The summed E-state index contributed by atoms with van der Waals surface area (Å²) >= 11 is 0. The number of nitrogens with zero attached hydrogens (tertiary/aromatic N) is 4. The Balaban J connectivity index is 1.95. The first-order valence-electron chi connectivity index (χ1n) is 5.94. The fourth-order valence-electron chi connectivity index (χ4n) is 2.38. The quantitative estimate of drug-likeness (QED) is 0.736. The highest BCUT2D eigenvalue weighted by Gasteiger charge is 2.32. The molecule has 2 aromatic heterocycles. The SMILES string of the molecule is COC(=O)C1CCCN1c1ccn2nccc2n1. The summed E-state index contributed by atoms with van der Waals surface area (Å²) in [6, 6.07) is 3.50. The lowest BCUT2D eigenvalue weighted by atomic mass is 10.2. The van der Waals surface area contributed by atoms with E-state index in [1.165, 1.54) is 7.11 Å². The van der Waals surface area contributed by atoms with Gasteiger partial charge in [0.25, 0.3) is 0 Å². The van der Waals surface area contributed by atoms with Crippen LogP contribution in [0.4, 0.5) is 5.82 Å². The highest BCUT2D eigenvalue weighted by Crippen LogP contribution is 2.24. The second-order valence-electron chi connectivity index (χ2n) is 4.29. The predicted molar refractivity (Wildman–Crippen MR) is 65.4 cm³/mol. The van der Waals surface area contributed by atoms with Crippen molar-refractivity contribution in [1.82, 2.24) is 14.6 Å². The Morgan fingerprint density at radius 2 is 2.39 bits per heavy atom. The van der Waals surface area contributed by atoms with Crippen LogP contribution >= 0.6 is 0 Å². The lowest BCUT2D eigenvalue weighted by Crippen LogP contribution is -2.37. The molecule has 0 amide bonds. The number of methoxy groups -OCH3 is 1. The third-order valence-electron chi connectivity index (χ3n) is 3.26. The van der Waals surface area contributed by atoms with E-state index in [0.717, 1.165) is 30.9 Å². The minimum Gasteiger partial charge on any atom is -0.467 e. The van der Waals surface area contributed by atoms with E-state index in [2.05, 4.69) is 10.1 Å². The minimum atomic E-state index is -0.215. The van der Waals surface area contributed by atoms with Crippen LogP contribution in [0.25, 0.3) is 5.65 Å². The summed E-state index contributed by atoms with van der Waals surface area (Å²) in [5.74, 6) is 0.610. The monoisotopic (exact) mass is 246 g/mol. The van der Waals surface area contributed by atoms with Crippen LogP contribution in [0.2, 0.25) is 0 Å². The molecule has 6 nitrogen and oxygen atoms in total.